The number of carboxylic acids is 1. The van der Waals surface area contributed by atoms with Crippen molar-refractivity contribution in [2.24, 2.45) is 0 Å². The number of fused-ring (bicyclic) bond motifs is 1. The molecule has 2 heterocycles. The van der Waals surface area contributed by atoms with E-state index in [0.717, 1.165) is 16.9 Å². The number of rotatable bonds is 2. The molecule has 1 aliphatic heterocycles. The molecule has 0 bridgehead atoms. The van der Waals surface area contributed by atoms with Crippen molar-refractivity contribution in [3.8, 4) is 0 Å². The van der Waals surface area contributed by atoms with Gasteiger partial charge in [0.1, 0.15) is 9.88 Å². The highest BCUT2D eigenvalue weighted by Gasteiger charge is 2.32. The van der Waals surface area contributed by atoms with Crippen molar-refractivity contribution < 1.29 is 14.7 Å². The van der Waals surface area contributed by atoms with E-state index >= 15 is 0 Å². The Hall–Kier alpha value is -2.40. The lowest BCUT2D eigenvalue weighted by Crippen LogP contribution is -2.20. The number of anilines is 1. The number of carboxylic acid groups (broad SMARTS) is 1. The number of hydrogen-bond acceptors (Lipinski definition) is 3. The highest BCUT2D eigenvalue weighted by molar-refractivity contribution is 7.18. The number of benzene rings is 1. The fraction of sp³-hybridized carbons (Fsp3) is 0. The molecule has 0 unspecified atom stereocenters. The molecule has 0 fully saturated rings. The van der Waals surface area contributed by atoms with Gasteiger partial charge < -0.3 is 5.11 Å². The Kier molecular flexibility index (Phi) is 2.50. The molecule has 2 aromatic rings. The van der Waals surface area contributed by atoms with Crippen LogP contribution in [0.25, 0.3) is 5.70 Å². The predicted octanol–water partition coefficient (Wildman–Crippen LogP) is 3.08. The molecular weight excluding hydrogens is 262 g/mol. The van der Waals surface area contributed by atoms with E-state index in [1.165, 1.54) is 11.0 Å². The first kappa shape index (κ1) is 11.7. The standard InChI is InChI=1S/C14H9NO3S/c1-8-9-4-2-3-5-10(9)13(16)15(8)12-7-6-11(19-12)14(17)18/h2-7H,1H2,(H,17,18). The number of nitrogens with zero attached hydrogens (tertiary/aromatic N) is 1. The number of aromatic carboxylic acids is 1. The average molecular weight is 271 g/mol. The van der Waals surface area contributed by atoms with E-state index in [9.17, 15) is 9.59 Å². The zero-order valence-electron chi connectivity index (χ0n) is 9.79. The molecule has 0 saturated carbocycles. The predicted molar refractivity (Wildman–Crippen MR) is 73.6 cm³/mol. The molecule has 0 saturated heterocycles. The fourth-order valence-electron chi connectivity index (χ4n) is 2.08. The van der Waals surface area contributed by atoms with Crippen LogP contribution >= 0.6 is 11.3 Å². The topological polar surface area (TPSA) is 57.6 Å². The normalized spacial score (nSPS) is 13.8. The average Bonchev–Trinajstić information content (AvgIpc) is 2.96. The second-order valence-corrected chi connectivity index (χ2v) is 5.14. The van der Waals surface area contributed by atoms with Gasteiger partial charge in [0.25, 0.3) is 5.91 Å². The van der Waals surface area contributed by atoms with Gasteiger partial charge in [-0.3, -0.25) is 9.69 Å². The van der Waals surface area contributed by atoms with Crippen LogP contribution in [0.1, 0.15) is 25.6 Å². The Balaban J connectivity index is 2.06. The third-order valence-corrected chi connectivity index (χ3v) is 4.02. The molecular formula is C14H9NO3S. The Morgan fingerprint density at radius 1 is 1.16 bits per heavy atom. The van der Waals surface area contributed by atoms with Crippen molar-refractivity contribution in [1.82, 2.24) is 0 Å². The van der Waals surface area contributed by atoms with Gasteiger partial charge in [0.2, 0.25) is 0 Å². The monoisotopic (exact) mass is 271 g/mol. The molecule has 1 aromatic carbocycles. The lowest BCUT2D eigenvalue weighted by atomic mass is 10.1. The molecule has 1 aliphatic rings. The van der Waals surface area contributed by atoms with Gasteiger partial charge in [0.05, 0.1) is 5.70 Å². The van der Waals surface area contributed by atoms with Crippen LogP contribution < -0.4 is 4.90 Å². The number of thiophene rings is 1. The lowest BCUT2D eigenvalue weighted by Gasteiger charge is -2.14. The number of carbonyl (C=O) groups excluding carboxylic acids is 1. The van der Waals surface area contributed by atoms with Gasteiger partial charge in [0.15, 0.2) is 0 Å². The Morgan fingerprint density at radius 3 is 2.42 bits per heavy atom. The van der Waals surface area contributed by atoms with Crippen LogP contribution in [0.2, 0.25) is 0 Å². The summed E-state index contributed by atoms with van der Waals surface area (Å²) < 4.78 is 0. The molecule has 4 nitrogen and oxygen atoms in total. The Morgan fingerprint density at radius 2 is 1.84 bits per heavy atom. The maximum Gasteiger partial charge on any atom is 0.345 e. The van der Waals surface area contributed by atoms with Crippen molar-refractivity contribution in [2.45, 2.75) is 0 Å². The maximum atomic E-state index is 12.3. The van der Waals surface area contributed by atoms with Crippen LogP contribution in [0.15, 0.2) is 43.0 Å². The summed E-state index contributed by atoms with van der Waals surface area (Å²) in [5.41, 5.74) is 1.97. The quantitative estimate of drug-likeness (QED) is 0.913. The molecule has 0 radical (unpaired) electrons. The Bertz CT molecular complexity index is 682. The van der Waals surface area contributed by atoms with E-state index in [4.69, 9.17) is 5.11 Å². The molecule has 1 amide bonds. The van der Waals surface area contributed by atoms with Crippen LogP contribution in [-0.2, 0) is 0 Å². The second kappa shape index (κ2) is 4.07. The van der Waals surface area contributed by atoms with Gasteiger partial charge >= 0.3 is 5.97 Å². The summed E-state index contributed by atoms with van der Waals surface area (Å²) in [4.78, 5) is 24.9. The van der Waals surface area contributed by atoms with Gasteiger partial charge in [-0.1, -0.05) is 24.8 Å². The van der Waals surface area contributed by atoms with Crippen LogP contribution in [0.4, 0.5) is 5.00 Å². The SMILES string of the molecule is C=C1c2ccccc2C(=O)N1c1ccc(C(=O)O)s1. The van der Waals surface area contributed by atoms with Crippen molar-refractivity contribution >= 4 is 33.9 Å². The molecule has 0 atom stereocenters. The number of hydrogen-bond donors (Lipinski definition) is 1. The molecule has 1 aromatic heterocycles. The van der Waals surface area contributed by atoms with Crippen molar-refractivity contribution in [1.29, 1.82) is 0 Å². The largest absolute Gasteiger partial charge is 0.477 e. The van der Waals surface area contributed by atoms with Crippen LogP contribution in [0.3, 0.4) is 0 Å². The van der Waals surface area contributed by atoms with Crippen molar-refractivity contribution in [3.05, 3.63) is 59.0 Å². The minimum absolute atomic E-state index is 0.167. The van der Waals surface area contributed by atoms with E-state index in [2.05, 4.69) is 6.58 Å². The maximum absolute atomic E-state index is 12.3. The summed E-state index contributed by atoms with van der Waals surface area (Å²) in [5, 5.41) is 9.50. The minimum atomic E-state index is -0.994. The summed E-state index contributed by atoms with van der Waals surface area (Å²) in [7, 11) is 0. The molecule has 3 rings (SSSR count). The molecule has 1 N–H and O–H groups in total. The molecule has 94 valence electrons. The fourth-order valence-corrected chi connectivity index (χ4v) is 2.95. The highest BCUT2D eigenvalue weighted by atomic mass is 32.1. The molecule has 19 heavy (non-hydrogen) atoms. The number of amides is 1. The zero-order valence-corrected chi connectivity index (χ0v) is 10.6. The first-order valence-corrected chi connectivity index (χ1v) is 6.37. The molecule has 0 aliphatic carbocycles. The van der Waals surface area contributed by atoms with Crippen molar-refractivity contribution in [2.75, 3.05) is 4.90 Å². The van der Waals surface area contributed by atoms with Gasteiger partial charge in [-0.05, 0) is 18.2 Å². The van der Waals surface area contributed by atoms with Gasteiger partial charge in [-0.25, -0.2) is 4.79 Å². The van der Waals surface area contributed by atoms with Crippen molar-refractivity contribution in [3.63, 3.8) is 0 Å². The summed E-state index contributed by atoms with van der Waals surface area (Å²) in [5.74, 6) is -1.16. The van der Waals surface area contributed by atoms with Crippen LogP contribution in [-0.4, -0.2) is 17.0 Å². The first-order chi connectivity index (χ1) is 9.09. The number of carbonyl (C=O) groups is 2. The first-order valence-electron chi connectivity index (χ1n) is 5.55. The summed E-state index contributed by atoms with van der Waals surface area (Å²) in [6.07, 6.45) is 0. The van der Waals surface area contributed by atoms with Crippen LogP contribution in [0.5, 0.6) is 0 Å². The summed E-state index contributed by atoms with van der Waals surface area (Å²) in [6, 6.07) is 10.3. The summed E-state index contributed by atoms with van der Waals surface area (Å²) in [6.45, 7) is 3.92. The summed E-state index contributed by atoms with van der Waals surface area (Å²) >= 11 is 1.06. The van der Waals surface area contributed by atoms with E-state index in [1.54, 1.807) is 18.2 Å². The van der Waals surface area contributed by atoms with Gasteiger partial charge in [0, 0.05) is 11.1 Å². The minimum Gasteiger partial charge on any atom is -0.477 e. The van der Waals surface area contributed by atoms with E-state index in [1.807, 2.05) is 12.1 Å². The highest BCUT2D eigenvalue weighted by Crippen LogP contribution is 2.38. The molecule has 5 heteroatoms. The smallest absolute Gasteiger partial charge is 0.345 e. The lowest BCUT2D eigenvalue weighted by molar-refractivity contribution is 0.0702. The third-order valence-electron chi connectivity index (χ3n) is 2.96. The van der Waals surface area contributed by atoms with Crippen LogP contribution in [0, 0.1) is 0 Å². The zero-order chi connectivity index (χ0) is 13.6. The van der Waals surface area contributed by atoms with E-state index in [-0.39, 0.29) is 10.8 Å². The van der Waals surface area contributed by atoms with E-state index in [0.29, 0.717) is 16.3 Å². The second-order valence-electron chi connectivity index (χ2n) is 4.08. The van der Waals surface area contributed by atoms with E-state index < -0.39 is 5.97 Å². The Labute approximate surface area is 113 Å². The third kappa shape index (κ3) is 1.67. The molecule has 0 spiro atoms. The van der Waals surface area contributed by atoms with Gasteiger partial charge in [-0.15, -0.1) is 11.3 Å². The van der Waals surface area contributed by atoms with Gasteiger partial charge in [-0.2, -0.15) is 0 Å².